The molecule has 3 aromatic rings. The maximum absolute atomic E-state index is 13.7. The molecule has 9 nitrogen and oxygen atoms in total. The quantitative estimate of drug-likeness (QED) is 0.407. The third kappa shape index (κ3) is 6.22. The van der Waals surface area contributed by atoms with E-state index in [9.17, 15) is 22.2 Å². The highest BCUT2D eigenvalue weighted by atomic mass is 32.2. The third-order valence-electron chi connectivity index (χ3n) is 5.24. The summed E-state index contributed by atoms with van der Waals surface area (Å²) in [5, 5.41) is 11.9. The molecule has 3 rings (SSSR count). The lowest BCUT2D eigenvalue weighted by Crippen LogP contribution is -2.26. The molecule has 0 aliphatic heterocycles. The highest BCUT2D eigenvalue weighted by Crippen LogP contribution is 2.33. The molecule has 36 heavy (non-hydrogen) atoms. The van der Waals surface area contributed by atoms with E-state index in [1.807, 2.05) is 0 Å². The van der Waals surface area contributed by atoms with Crippen molar-refractivity contribution in [2.75, 3.05) is 30.0 Å². The number of hydrogen-bond donors (Lipinski definition) is 2. The Morgan fingerprint density at radius 3 is 2.58 bits per heavy atom. The lowest BCUT2D eigenvalue weighted by Gasteiger charge is -2.22. The van der Waals surface area contributed by atoms with Gasteiger partial charge in [-0.05, 0) is 48.5 Å². The van der Waals surface area contributed by atoms with E-state index in [2.05, 4.69) is 26.1 Å². The summed E-state index contributed by atoms with van der Waals surface area (Å²) in [6.45, 7) is 0. The monoisotopic (exact) mass is 523 g/mol. The molecule has 2 aromatic heterocycles. The number of aromatic carboxylic acids is 1. The number of pyridine rings is 1. The molecule has 13 heteroatoms. The van der Waals surface area contributed by atoms with Crippen LogP contribution in [0.15, 0.2) is 42.7 Å². The number of aryl methyl sites for hydroxylation is 2. The van der Waals surface area contributed by atoms with Crippen molar-refractivity contribution < 1.29 is 32.0 Å². The number of nitrogens with one attached hydrogen (secondary N) is 1. The zero-order chi connectivity index (χ0) is 26.7. The first kappa shape index (κ1) is 26.7. The number of anilines is 3. The Morgan fingerprint density at radius 2 is 1.97 bits per heavy atom. The number of carbonyl (C=O) groups is 1. The minimum Gasteiger partial charge on any atom is -0.495 e. The maximum Gasteiger partial charge on any atom is 0.419 e. The second kappa shape index (κ2) is 10.4. The number of nitrogens with zero attached hydrogens (tertiary/aromatic N) is 4. The normalized spacial score (nSPS) is 13.1. The molecule has 0 bridgehead atoms. The van der Waals surface area contributed by atoms with E-state index in [0.29, 0.717) is 17.6 Å². The van der Waals surface area contributed by atoms with Gasteiger partial charge in [0.2, 0.25) is 5.95 Å². The van der Waals surface area contributed by atoms with Crippen molar-refractivity contribution in [2.24, 2.45) is 0 Å². The van der Waals surface area contributed by atoms with E-state index < -0.39 is 27.4 Å². The Hall–Kier alpha value is -3.87. The fourth-order valence-corrected chi connectivity index (χ4v) is 3.83. The van der Waals surface area contributed by atoms with Gasteiger partial charge >= 0.3 is 12.1 Å². The fourth-order valence-electron chi connectivity index (χ4n) is 3.30. The van der Waals surface area contributed by atoms with Crippen LogP contribution in [0.4, 0.5) is 30.6 Å². The highest BCUT2D eigenvalue weighted by Gasteiger charge is 2.35. The number of methoxy groups -OCH3 is 1. The van der Waals surface area contributed by atoms with Gasteiger partial charge in [0.25, 0.3) is 0 Å². The van der Waals surface area contributed by atoms with Gasteiger partial charge in [0.05, 0.1) is 29.6 Å². The molecule has 0 aliphatic rings. The molecule has 0 spiro atoms. The molecule has 192 valence electrons. The number of ether oxygens (including phenoxy) is 1. The van der Waals surface area contributed by atoms with Crippen LogP contribution >= 0.6 is 0 Å². The molecule has 0 amide bonds. The van der Waals surface area contributed by atoms with Crippen LogP contribution in [0.2, 0.25) is 0 Å². The van der Waals surface area contributed by atoms with Crippen LogP contribution in [0.3, 0.4) is 0 Å². The van der Waals surface area contributed by atoms with Crippen LogP contribution in [-0.4, -0.2) is 56.5 Å². The molecule has 1 atom stereocenters. The van der Waals surface area contributed by atoms with Crippen molar-refractivity contribution in [3.63, 3.8) is 0 Å². The average Bonchev–Trinajstić information content (AvgIpc) is 2.81. The topological polar surface area (TPSA) is 118 Å². The first-order valence-corrected chi connectivity index (χ1v) is 12.5. The van der Waals surface area contributed by atoms with Crippen molar-refractivity contribution in [2.45, 2.75) is 19.0 Å². The third-order valence-corrected chi connectivity index (χ3v) is 6.58. The molecule has 0 saturated carbocycles. The Morgan fingerprint density at radius 1 is 1.25 bits per heavy atom. The number of alkyl halides is 3. The summed E-state index contributed by atoms with van der Waals surface area (Å²) in [6, 6.07) is 7.31. The smallest absolute Gasteiger partial charge is 0.419 e. The molecule has 0 aliphatic carbocycles. The summed E-state index contributed by atoms with van der Waals surface area (Å²) in [6.07, 6.45) is -1.05. The Bertz CT molecular complexity index is 1380. The van der Waals surface area contributed by atoms with Crippen LogP contribution in [0.1, 0.15) is 27.2 Å². The van der Waals surface area contributed by atoms with Gasteiger partial charge in [0.15, 0.2) is 0 Å². The van der Waals surface area contributed by atoms with E-state index in [0.717, 1.165) is 0 Å². The van der Waals surface area contributed by atoms with E-state index in [4.69, 9.17) is 9.84 Å². The number of hydrogen-bond acceptors (Lipinski definition) is 7. The number of benzene rings is 1. The molecule has 2 N–H and O–H groups in total. The van der Waals surface area contributed by atoms with Gasteiger partial charge in [-0.2, -0.15) is 13.2 Å². The van der Waals surface area contributed by atoms with Crippen molar-refractivity contribution in [1.29, 1.82) is 0 Å². The second-order valence-corrected chi connectivity index (χ2v) is 10.3. The van der Waals surface area contributed by atoms with Gasteiger partial charge in [-0.1, -0.05) is 6.07 Å². The minimum absolute atomic E-state index is 0.0260. The molecule has 0 fully saturated rings. The highest BCUT2D eigenvalue weighted by molar-refractivity contribution is 8.00. The van der Waals surface area contributed by atoms with Gasteiger partial charge in [-0.15, -0.1) is 0 Å². The van der Waals surface area contributed by atoms with Gasteiger partial charge in [-0.3, -0.25) is 4.31 Å². The summed E-state index contributed by atoms with van der Waals surface area (Å²) in [4.78, 5) is 23.3. The predicted octanol–water partition coefficient (Wildman–Crippen LogP) is 3.82. The largest absolute Gasteiger partial charge is 0.495 e. The summed E-state index contributed by atoms with van der Waals surface area (Å²) in [5.41, 5.74) is -0.424. The lowest BCUT2D eigenvalue weighted by atomic mass is 10.1. The first-order valence-electron chi connectivity index (χ1n) is 10.4. The van der Waals surface area contributed by atoms with Crippen LogP contribution in [-0.2, 0) is 28.7 Å². The van der Waals surface area contributed by atoms with Crippen molar-refractivity contribution in [3.05, 3.63) is 65.1 Å². The maximum atomic E-state index is 13.7. The van der Waals surface area contributed by atoms with Gasteiger partial charge in [0, 0.05) is 35.4 Å². The molecule has 1 aromatic carbocycles. The number of carboxylic acids is 1. The van der Waals surface area contributed by atoms with Crippen molar-refractivity contribution in [3.8, 4) is 5.75 Å². The SMILES string of the molecule is C=S(C)(=O)N(C)c1ncccc1CCc1nc(Nc2ccc(C(=O)O)cc2OC)ncc1C(F)(F)F. The molecular weight excluding hydrogens is 499 g/mol. The predicted molar refractivity (Wildman–Crippen MR) is 132 cm³/mol. The van der Waals surface area contributed by atoms with E-state index >= 15 is 0 Å². The lowest BCUT2D eigenvalue weighted by molar-refractivity contribution is -0.138. The van der Waals surface area contributed by atoms with Crippen LogP contribution in [0, 0.1) is 0 Å². The van der Waals surface area contributed by atoms with Crippen LogP contribution in [0.5, 0.6) is 5.75 Å². The molecule has 0 radical (unpaired) electrons. The Labute approximate surface area is 206 Å². The number of rotatable bonds is 9. The van der Waals surface area contributed by atoms with E-state index in [1.54, 1.807) is 19.2 Å². The fraction of sp³-hybridized carbons (Fsp3) is 0.261. The molecular formula is C23H24F3N5O4S. The van der Waals surface area contributed by atoms with Crippen LogP contribution in [0.25, 0.3) is 0 Å². The van der Waals surface area contributed by atoms with Gasteiger partial charge in [-0.25, -0.2) is 24.0 Å². The summed E-state index contributed by atoms with van der Waals surface area (Å²) in [5.74, 6) is 2.84. The number of aromatic nitrogens is 3. The van der Waals surface area contributed by atoms with Crippen molar-refractivity contribution in [1.82, 2.24) is 15.0 Å². The summed E-state index contributed by atoms with van der Waals surface area (Å²) in [7, 11) is 0.239. The summed E-state index contributed by atoms with van der Waals surface area (Å²) >= 11 is 0. The summed E-state index contributed by atoms with van der Waals surface area (Å²) < 4.78 is 60.0. The minimum atomic E-state index is -4.69. The van der Waals surface area contributed by atoms with Crippen LogP contribution < -0.4 is 14.4 Å². The zero-order valence-corrected chi connectivity index (χ0v) is 20.5. The van der Waals surface area contributed by atoms with Gasteiger partial charge in [0.1, 0.15) is 11.6 Å². The Kier molecular flexibility index (Phi) is 7.72. The Balaban J connectivity index is 1.94. The molecule has 0 saturated heterocycles. The standard InChI is InChI=1S/C23H24F3N5O4S/c1-31(36(3,4)34)20-14(6-5-11-27-20)7-9-17-16(23(24,25)26)13-28-22(29-17)30-18-10-8-15(21(32)33)12-19(18)35-2/h5-6,8,10-13H,3,7,9H2,1-2,4H3,(H,32,33)(H,28,29,30). The van der Waals surface area contributed by atoms with Gasteiger partial charge < -0.3 is 15.2 Å². The number of halogens is 3. The average molecular weight is 524 g/mol. The second-order valence-electron chi connectivity index (χ2n) is 7.84. The zero-order valence-electron chi connectivity index (χ0n) is 19.7. The first-order chi connectivity index (χ1) is 16.8. The van der Waals surface area contributed by atoms with E-state index in [-0.39, 0.29) is 41.5 Å². The molecule has 2 heterocycles. The van der Waals surface area contributed by atoms with E-state index in [1.165, 1.54) is 42.1 Å². The molecule has 1 unspecified atom stereocenters. The number of carboxylic acid groups (broad SMARTS) is 1. The van der Waals surface area contributed by atoms with Crippen molar-refractivity contribution >= 4 is 39.0 Å².